The van der Waals surface area contributed by atoms with Crippen molar-refractivity contribution in [3.63, 3.8) is 0 Å². The monoisotopic (exact) mass is 559 g/mol. The van der Waals surface area contributed by atoms with E-state index in [0.29, 0.717) is 18.0 Å². The van der Waals surface area contributed by atoms with Gasteiger partial charge >= 0.3 is 0 Å². The Labute approximate surface area is 228 Å². The van der Waals surface area contributed by atoms with Crippen molar-refractivity contribution in [1.29, 1.82) is 0 Å². The Morgan fingerprint density at radius 1 is 0.947 bits per heavy atom. The number of halogens is 2. The van der Waals surface area contributed by atoms with Crippen LogP contribution in [0, 0.1) is 5.82 Å². The van der Waals surface area contributed by atoms with Gasteiger partial charge in [0.05, 0.1) is 11.9 Å². The number of anilines is 1. The number of nitrogens with zero attached hydrogens (tertiary/aromatic N) is 2. The smallest absolute Gasteiger partial charge is 0.244 e. The molecule has 0 saturated carbocycles. The van der Waals surface area contributed by atoms with Crippen molar-refractivity contribution in [2.45, 2.75) is 32.4 Å². The summed E-state index contributed by atoms with van der Waals surface area (Å²) in [4.78, 5) is 28.6. The predicted molar refractivity (Wildman–Crippen MR) is 148 cm³/mol. The first-order valence-electron chi connectivity index (χ1n) is 12.2. The van der Waals surface area contributed by atoms with Crippen molar-refractivity contribution in [3.8, 4) is 0 Å². The number of hydrogen-bond acceptors (Lipinski definition) is 4. The van der Waals surface area contributed by atoms with Crippen LogP contribution in [0.1, 0.15) is 24.5 Å². The third-order valence-corrected chi connectivity index (χ3v) is 7.27. The molecule has 3 rings (SSSR count). The largest absolute Gasteiger partial charge is 0.354 e. The molecule has 202 valence electrons. The van der Waals surface area contributed by atoms with Crippen LogP contribution in [0.5, 0.6) is 0 Å². The number of nitrogens with one attached hydrogen (secondary N) is 1. The van der Waals surface area contributed by atoms with Crippen LogP contribution < -0.4 is 9.62 Å². The van der Waals surface area contributed by atoms with E-state index in [1.807, 2.05) is 37.3 Å². The number of carbonyl (C=O) groups excluding carboxylic acids is 2. The molecular formula is C28H31ClFN3O4S. The Morgan fingerprint density at radius 2 is 1.58 bits per heavy atom. The van der Waals surface area contributed by atoms with Gasteiger partial charge in [-0.15, -0.1) is 0 Å². The summed E-state index contributed by atoms with van der Waals surface area (Å²) in [5, 5.41) is 3.40. The molecule has 1 N–H and O–H groups in total. The van der Waals surface area contributed by atoms with Crippen molar-refractivity contribution in [3.05, 3.63) is 101 Å². The van der Waals surface area contributed by atoms with Gasteiger partial charge in [0.1, 0.15) is 18.4 Å². The standard InChI is InChI=1S/C28H31ClFN3O4S/c1-3-17-31-28(35)26(18-21-7-5-4-6-8-21)32(19-22-9-11-23(29)12-10-22)27(34)20-33(38(2,36)37)25-15-13-24(30)14-16-25/h4-16,26H,3,17-20H2,1-2H3,(H,31,35)/t26-/m0/s1. The SMILES string of the molecule is CCCNC(=O)[C@H](Cc1ccccc1)N(Cc1ccc(Cl)cc1)C(=O)CN(c1ccc(F)cc1)S(C)(=O)=O. The van der Waals surface area contributed by atoms with Crippen LogP contribution in [0.2, 0.25) is 5.02 Å². The van der Waals surface area contributed by atoms with Gasteiger partial charge in [-0.1, -0.05) is 61.0 Å². The molecule has 3 aromatic carbocycles. The first kappa shape index (κ1) is 29.1. The zero-order chi connectivity index (χ0) is 27.7. The van der Waals surface area contributed by atoms with Crippen LogP contribution >= 0.6 is 11.6 Å². The molecule has 0 heterocycles. The zero-order valence-electron chi connectivity index (χ0n) is 21.3. The van der Waals surface area contributed by atoms with E-state index < -0.39 is 34.3 Å². The average Bonchev–Trinajstić information content (AvgIpc) is 2.89. The summed E-state index contributed by atoms with van der Waals surface area (Å²) >= 11 is 6.04. The topological polar surface area (TPSA) is 86.8 Å². The summed E-state index contributed by atoms with van der Waals surface area (Å²) in [6.07, 6.45) is 1.91. The number of hydrogen-bond donors (Lipinski definition) is 1. The van der Waals surface area contributed by atoms with Gasteiger partial charge in [-0.2, -0.15) is 0 Å². The fraction of sp³-hybridized carbons (Fsp3) is 0.286. The molecule has 0 aliphatic carbocycles. The second-order valence-corrected chi connectivity index (χ2v) is 11.2. The predicted octanol–water partition coefficient (Wildman–Crippen LogP) is 4.41. The second-order valence-electron chi connectivity index (χ2n) is 8.89. The molecular weight excluding hydrogens is 529 g/mol. The lowest BCUT2D eigenvalue weighted by molar-refractivity contribution is -0.140. The quantitative estimate of drug-likeness (QED) is 0.356. The minimum absolute atomic E-state index is 0.0497. The van der Waals surface area contributed by atoms with Crippen LogP contribution in [0.15, 0.2) is 78.9 Å². The minimum Gasteiger partial charge on any atom is -0.354 e. The highest BCUT2D eigenvalue weighted by atomic mass is 35.5. The second kappa shape index (κ2) is 13.4. The molecule has 0 saturated heterocycles. The minimum atomic E-state index is -3.91. The summed E-state index contributed by atoms with van der Waals surface area (Å²) in [5.74, 6) is -1.46. The molecule has 2 amide bonds. The normalized spacial score (nSPS) is 12.0. The maximum absolute atomic E-state index is 13.9. The van der Waals surface area contributed by atoms with Gasteiger partial charge in [0, 0.05) is 24.5 Å². The summed E-state index contributed by atoms with van der Waals surface area (Å²) in [6, 6.07) is 20.1. The summed E-state index contributed by atoms with van der Waals surface area (Å²) in [6.45, 7) is 1.84. The van der Waals surface area contributed by atoms with E-state index in [4.69, 9.17) is 11.6 Å². The van der Waals surface area contributed by atoms with E-state index in [1.165, 1.54) is 17.0 Å². The highest BCUT2D eigenvalue weighted by molar-refractivity contribution is 7.92. The molecule has 1 atom stereocenters. The molecule has 0 bridgehead atoms. The van der Waals surface area contributed by atoms with Crippen LogP contribution in [0.3, 0.4) is 0 Å². The highest BCUT2D eigenvalue weighted by Gasteiger charge is 2.32. The van der Waals surface area contributed by atoms with Crippen molar-refractivity contribution in [2.24, 2.45) is 0 Å². The van der Waals surface area contributed by atoms with Gasteiger partial charge in [-0.05, 0) is 53.9 Å². The third-order valence-electron chi connectivity index (χ3n) is 5.88. The lowest BCUT2D eigenvalue weighted by Crippen LogP contribution is -2.53. The van der Waals surface area contributed by atoms with Gasteiger partial charge < -0.3 is 10.2 Å². The zero-order valence-corrected chi connectivity index (χ0v) is 22.9. The maximum Gasteiger partial charge on any atom is 0.244 e. The van der Waals surface area contributed by atoms with E-state index in [0.717, 1.165) is 33.8 Å². The maximum atomic E-state index is 13.9. The van der Waals surface area contributed by atoms with Crippen molar-refractivity contribution in [2.75, 3.05) is 23.7 Å². The van der Waals surface area contributed by atoms with Gasteiger partial charge in [0.25, 0.3) is 0 Å². The Kier molecular flexibility index (Phi) is 10.3. The molecule has 38 heavy (non-hydrogen) atoms. The van der Waals surface area contributed by atoms with E-state index >= 15 is 0 Å². The lowest BCUT2D eigenvalue weighted by Gasteiger charge is -2.33. The number of sulfonamides is 1. The molecule has 10 heteroatoms. The molecule has 0 fully saturated rings. The van der Waals surface area contributed by atoms with Crippen LogP contribution in [0.25, 0.3) is 0 Å². The molecule has 3 aromatic rings. The Morgan fingerprint density at radius 3 is 2.16 bits per heavy atom. The number of amides is 2. The molecule has 0 spiro atoms. The van der Waals surface area contributed by atoms with Gasteiger partial charge in [-0.25, -0.2) is 12.8 Å². The van der Waals surface area contributed by atoms with E-state index in [1.54, 1.807) is 24.3 Å². The first-order valence-corrected chi connectivity index (χ1v) is 14.4. The Bertz CT molecular complexity index is 1320. The van der Waals surface area contributed by atoms with Crippen molar-refractivity contribution >= 4 is 39.1 Å². The molecule has 0 aliphatic rings. The van der Waals surface area contributed by atoms with Gasteiger partial charge in [0.15, 0.2) is 0 Å². The summed E-state index contributed by atoms with van der Waals surface area (Å²) < 4.78 is 39.8. The van der Waals surface area contributed by atoms with Crippen LogP contribution in [0.4, 0.5) is 10.1 Å². The summed E-state index contributed by atoms with van der Waals surface area (Å²) in [7, 11) is -3.91. The van der Waals surface area contributed by atoms with Gasteiger partial charge in [0.2, 0.25) is 21.8 Å². The first-order chi connectivity index (χ1) is 18.1. The molecule has 0 aromatic heterocycles. The van der Waals surface area contributed by atoms with Gasteiger partial charge in [-0.3, -0.25) is 13.9 Å². The lowest BCUT2D eigenvalue weighted by atomic mass is 10.0. The number of benzene rings is 3. The van der Waals surface area contributed by atoms with E-state index in [-0.39, 0.29) is 24.6 Å². The Hall–Kier alpha value is -3.43. The number of rotatable bonds is 12. The van der Waals surface area contributed by atoms with Crippen molar-refractivity contribution < 1.29 is 22.4 Å². The van der Waals surface area contributed by atoms with Crippen LogP contribution in [-0.2, 0) is 32.6 Å². The molecule has 0 aliphatic heterocycles. The Balaban J connectivity index is 2.02. The highest BCUT2D eigenvalue weighted by Crippen LogP contribution is 2.21. The molecule has 0 radical (unpaired) electrons. The molecule has 7 nitrogen and oxygen atoms in total. The van der Waals surface area contributed by atoms with Crippen molar-refractivity contribution in [1.82, 2.24) is 10.2 Å². The van der Waals surface area contributed by atoms with E-state index in [2.05, 4.69) is 5.32 Å². The summed E-state index contributed by atoms with van der Waals surface area (Å²) in [5.41, 5.74) is 1.71. The number of carbonyl (C=O) groups is 2. The van der Waals surface area contributed by atoms with Crippen LogP contribution in [-0.4, -0.2) is 50.5 Å². The van der Waals surface area contributed by atoms with E-state index in [9.17, 15) is 22.4 Å². The average molecular weight is 560 g/mol. The fourth-order valence-electron chi connectivity index (χ4n) is 3.93. The third kappa shape index (κ3) is 8.29. The fourth-order valence-corrected chi connectivity index (χ4v) is 4.90. The molecule has 0 unspecified atom stereocenters.